The number of alkyl halides is 3. The van der Waals surface area contributed by atoms with Gasteiger partial charge in [-0.15, -0.1) is 0 Å². The van der Waals surface area contributed by atoms with Crippen LogP contribution in [0.5, 0.6) is 0 Å². The van der Waals surface area contributed by atoms with Gasteiger partial charge in [0.1, 0.15) is 0 Å². The molecular formula is C44H31F3N4Pt. The first-order valence-corrected chi connectivity index (χ1v) is 17.8. The van der Waals surface area contributed by atoms with Gasteiger partial charge in [-0.3, -0.25) is 0 Å². The number of fused-ring (bicyclic) bond motifs is 1. The van der Waals surface area contributed by atoms with Gasteiger partial charge in [-0.1, -0.05) is 0 Å². The second-order valence-electron chi connectivity index (χ2n) is 12.4. The summed E-state index contributed by atoms with van der Waals surface area (Å²) in [4.78, 5) is 6.58. The molecule has 52 heavy (non-hydrogen) atoms. The van der Waals surface area contributed by atoms with E-state index in [1.54, 1.807) is 6.07 Å². The third-order valence-electron chi connectivity index (χ3n) is 9.17. The van der Waals surface area contributed by atoms with Crippen LogP contribution in [-0.4, -0.2) is 14.1 Å². The van der Waals surface area contributed by atoms with Gasteiger partial charge in [-0.2, -0.15) is 13.2 Å². The summed E-state index contributed by atoms with van der Waals surface area (Å²) >= 11 is 2.36. The Balaban J connectivity index is 1.42. The summed E-state index contributed by atoms with van der Waals surface area (Å²) in [6.07, 6.45) is -3.27. The zero-order valence-corrected chi connectivity index (χ0v) is 30.2. The normalized spacial score (nSPS) is 11.6. The number of nitrogens with zero attached hydrogens (tertiary/aromatic N) is 4. The number of benzene rings is 6. The molecule has 0 N–H and O–H groups in total. The van der Waals surface area contributed by atoms with Crippen molar-refractivity contribution in [2.24, 2.45) is 7.05 Å². The Bertz CT molecular complexity index is 2550. The van der Waals surface area contributed by atoms with Crippen LogP contribution in [0, 0.1) is 3.80 Å². The van der Waals surface area contributed by atoms with Crippen LogP contribution < -0.4 is 4.90 Å². The Kier molecular flexibility index (Phi) is 8.82. The summed E-state index contributed by atoms with van der Waals surface area (Å²) in [6, 6.07) is 53.2. The topological polar surface area (TPSA) is 26.0 Å². The van der Waals surface area contributed by atoms with Crippen molar-refractivity contribution < 1.29 is 32.5 Å². The monoisotopic (exact) mass is 867 g/mol. The Labute approximate surface area is 310 Å². The van der Waals surface area contributed by atoms with Gasteiger partial charge in [0.2, 0.25) is 0 Å². The number of imidazole rings is 1. The summed E-state index contributed by atoms with van der Waals surface area (Å²) in [5, 5.41) is 0. The molecule has 0 aliphatic carbocycles. The zero-order valence-electron chi connectivity index (χ0n) is 27.9. The van der Waals surface area contributed by atoms with Crippen molar-refractivity contribution in [1.82, 2.24) is 14.1 Å². The van der Waals surface area contributed by atoms with Crippen LogP contribution >= 0.6 is 0 Å². The van der Waals surface area contributed by atoms with E-state index in [4.69, 9.17) is 0 Å². The molecule has 0 bridgehead atoms. The van der Waals surface area contributed by atoms with E-state index in [0.717, 1.165) is 72.0 Å². The summed E-state index contributed by atoms with van der Waals surface area (Å²) < 4.78 is 46.9. The number of rotatable bonds is 7. The number of anilines is 3. The number of aromatic nitrogens is 3. The molecule has 8 heteroatoms. The van der Waals surface area contributed by atoms with Crippen molar-refractivity contribution in [3.05, 3.63) is 179 Å². The second kappa shape index (κ2) is 13.7. The SMILES string of the molecule is Cn1[c](=[Pt])n(-c2cccc(N(c3cccc(-c4cc(C(F)(F)F)ccn4)c3)c3c(-c4ccccc4)cccc3-c3ccccc3)c2)c2ccccc21. The van der Waals surface area contributed by atoms with Crippen molar-refractivity contribution >= 4 is 28.1 Å². The van der Waals surface area contributed by atoms with Crippen LogP contribution in [-0.2, 0) is 32.6 Å². The minimum atomic E-state index is -4.49. The van der Waals surface area contributed by atoms with Gasteiger partial charge in [0.25, 0.3) is 0 Å². The van der Waals surface area contributed by atoms with Crippen molar-refractivity contribution in [2.45, 2.75) is 6.18 Å². The molecule has 258 valence electrons. The molecule has 0 saturated carbocycles. The maximum atomic E-state index is 13.8. The molecule has 2 heterocycles. The average molecular weight is 868 g/mol. The van der Waals surface area contributed by atoms with Crippen LogP contribution in [0.1, 0.15) is 5.56 Å². The summed E-state index contributed by atoms with van der Waals surface area (Å²) in [6.45, 7) is 0. The molecule has 8 aromatic rings. The van der Waals surface area contributed by atoms with E-state index in [0.29, 0.717) is 5.56 Å². The fourth-order valence-electron chi connectivity index (χ4n) is 6.74. The van der Waals surface area contributed by atoms with E-state index < -0.39 is 11.7 Å². The van der Waals surface area contributed by atoms with E-state index in [2.05, 4.69) is 118 Å². The van der Waals surface area contributed by atoms with Gasteiger partial charge >= 0.3 is 292 Å². The van der Waals surface area contributed by atoms with E-state index in [9.17, 15) is 13.2 Å². The van der Waals surface area contributed by atoms with Gasteiger partial charge in [-0.25, -0.2) is 0 Å². The number of pyridine rings is 1. The molecule has 2 aromatic heterocycles. The van der Waals surface area contributed by atoms with Crippen molar-refractivity contribution in [1.29, 1.82) is 0 Å². The minimum absolute atomic E-state index is 0.242. The predicted octanol–water partition coefficient (Wildman–Crippen LogP) is 11.9. The number of hydrogen-bond acceptors (Lipinski definition) is 2. The Morgan fingerprint density at radius 2 is 1.13 bits per heavy atom. The number of aryl methyl sites for hydroxylation is 1. The van der Waals surface area contributed by atoms with Gasteiger partial charge in [0, 0.05) is 0 Å². The quantitative estimate of drug-likeness (QED) is 0.159. The first-order chi connectivity index (χ1) is 25.3. The molecule has 0 fully saturated rings. The van der Waals surface area contributed by atoms with Crippen LogP contribution in [0.25, 0.3) is 50.2 Å². The van der Waals surface area contributed by atoms with Crippen molar-refractivity contribution in [3.63, 3.8) is 0 Å². The zero-order chi connectivity index (χ0) is 35.8. The van der Waals surface area contributed by atoms with E-state index in [1.165, 1.54) is 6.20 Å². The average Bonchev–Trinajstić information content (AvgIpc) is 3.44. The van der Waals surface area contributed by atoms with E-state index in [1.807, 2.05) is 72.8 Å². The molecule has 4 nitrogen and oxygen atoms in total. The standard InChI is InChI=1S/C44H31F3N4.Pt/c1-49-30-50(42-24-9-8-23-41(42)49)35-18-11-20-37(29-35)51(36-19-10-17-33(27-36)40-28-34(25-26-48-40)44(45,46)47)43-38(31-13-4-2-5-14-31)21-12-22-39(43)32-15-6-3-7-16-32;/h2-29H,1H3;. The van der Waals surface area contributed by atoms with E-state index in [-0.39, 0.29) is 5.69 Å². The summed E-state index contributed by atoms with van der Waals surface area (Å²) in [5.41, 5.74) is 9.88. The number of hydrogen-bond donors (Lipinski definition) is 0. The predicted molar refractivity (Wildman–Crippen MR) is 199 cm³/mol. The van der Waals surface area contributed by atoms with Crippen molar-refractivity contribution in [3.8, 4) is 39.2 Å². The van der Waals surface area contributed by atoms with Gasteiger partial charge < -0.3 is 0 Å². The molecule has 0 radical (unpaired) electrons. The first kappa shape index (κ1) is 33.4. The third-order valence-corrected chi connectivity index (χ3v) is 10.4. The summed E-state index contributed by atoms with van der Waals surface area (Å²) in [5.74, 6) is 0. The Morgan fingerprint density at radius 3 is 1.79 bits per heavy atom. The first-order valence-electron chi connectivity index (χ1n) is 16.7. The molecule has 6 aromatic carbocycles. The molecule has 0 aliphatic heterocycles. The molecule has 0 unspecified atom stereocenters. The number of para-hydroxylation sites is 3. The Hall–Kier alpha value is -5.78. The van der Waals surface area contributed by atoms with Crippen LogP contribution in [0.3, 0.4) is 0 Å². The maximum absolute atomic E-state index is 13.8. The van der Waals surface area contributed by atoms with Gasteiger partial charge in [-0.05, 0) is 6.07 Å². The second-order valence-corrected chi connectivity index (χ2v) is 13.4. The third kappa shape index (κ3) is 6.22. The molecule has 8 rings (SSSR count). The molecule has 0 amide bonds. The fraction of sp³-hybridized carbons (Fsp3) is 0.0455. The molecule has 0 atom stereocenters. The Morgan fingerprint density at radius 1 is 0.577 bits per heavy atom. The number of halogens is 3. The van der Waals surface area contributed by atoms with E-state index >= 15 is 0 Å². The molecule has 0 aliphatic rings. The molecular weight excluding hydrogens is 837 g/mol. The fourth-order valence-corrected chi connectivity index (χ4v) is 7.58. The van der Waals surface area contributed by atoms with Gasteiger partial charge in [0.05, 0.1) is 0 Å². The van der Waals surface area contributed by atoms with Crippen molar-refractivity contribution in [2.75, 3.05) is 4.90 Å². The van der Waals surface area contributed by atoms with Crippen LogP contribution in [0.15, 0.2) is 170 Å². The van der Waals surface area contributed by atoms with Crippen LogP contribution in [0.2, 0.25) is 0 Å². The molecule has 0 spiro atoms. The molecule has 0 saturated heterocycles. The van der Waals surface area contributed by atoms with Gasteiger partial charge in [0.15, 0.2) is 0 Å². The van der Waals surface area contributed by atoms with Crippen LogP contribution in [0.4, 0.5) is 30.2 Å². The summed E-state index contributed by atoms with van der Waals surface area (Å²) in [7, 11) is 2.06.